The van der Waals surface area contributed by atoms with Gasteiger partial charge in [-0.15, -0.1) is 0 Å². The molecule has 0 saturated carbocycles. The van der Waals surface area contributed by atoms with E-state index in [2.05, 4.69) is 32.0 Å². The lowest BCUT2D eigenvalue weighted by Crippen LogP contribution is -1.93. The first-order valence-electron chi connectivity index (χ1n) is 11.8. The van der Waals surface area contributed by atoms with Crippen LogP contribution in [0, 0.1) is 0 Å². The molecule has 0 unspecified atom stereocenters. The Balaban J connectivity index is 2.50. The van der Waals surface area contributed by atoms with Crippen LogP contribution in [0.5, 0.6) is 0 Å². The maximum atomic E-state index is 9.73. The summed E-state index contributed by atoms with van der Waals surface area (Å²) in [6.45, 7) is 4.52. The average molecular weight is 459 g/mol. The molecule has 1 aromatic carbocycles. The number of unbranched alkanes of at least 4 members (excludes halogenated alkanes) is 12. The SMILES string of the molecule is CCCCCCCCCc1cc(CCCCCCCCC)cc(SP(O)(O)=S)c1. The lowest BCUT2D eigenvalue weighted by Gasteiger charge is -2.12. The lowest BCUT2D eigenvalue weighted by molar-refractivity contribution is 0.502. The standard InChI is InChI=1S/C24H43O2PS2/c1-3-5-7-9-11-13-15-17-22-19-23(18-16-14-12-10-8-6-4-2)21-24(20-22)29-27(25,26)28/h19-21H,3-18H2,1-2H3,(H2,25,26,28). The van der Waals surface area contributed by atoms with Crippen LogP contribution in [0.3, 0.4) is 0 Å². The quantitative estimate of drug-likeness (QED) is 0.171. The number of rotatable bonds is 18. The molecular weight excluding hydrogens is 415 g/mol. The summed E-state index contributed by atoms with van der Waals surface area (Å²) in [5.41, 5.74) is -0.624. The molecule has 0 saturated heterocycles. The Labute approximate surface area is 189 Å². The molecule has 2 nitrogen and oxygen atoms in total. The molecule has 0 aliphatic rings. The van der Waals surface area contributed by atoms with E-state index in [-0.39, 0.29) is 0 Å². The van der Waals surface area contributed by atoms with Crippen molar-refractivity contribution in [2.45, 2.75) is 121 Å². The van der Waals surface area contributed by atoms with Gasteiger partial charge < -0.3 is 9.79 Å². The molecule has 0 aromatic heterocycles. The summed E-state index contributed by atoms with van der Waals surface area (Å²) in [7, 11) is 0. The van der Waals surface area contributed by atoms with E-state index in [1.807, 2.05) is 0 Å². The zero-order valence-electron chi connectivity index (χ0n) is 18.7. The van der Waals surface area contributed by atoms with Crippen molar-refractivity contribution in [1.29, 1.82) is 0 Å². The Morgan fingerprint density at radius 1 is 0.655 bits per heavy atom. The zero-order valence-corrected chi connectivity index (χ0v) is 21.2. The van der Waals surface area contributed by atoms with Crippen LogP contribution < -0.4 is 0 Å². The van der Waals surface area contributed by atoms with Crippen LogP contribution in [0.2, 0.25) is 0 Å². The van der Waals surface area contributed by atoms with Crippen molar-refractivity contribution in [2.75, 3.05) is 0 Å². The van der Waals surface area contributed by atoms with E-state index in [1.54, 1.807) is 0 Å². The van der Waals surface area contributed by atoms with Gasteiger partial charge in [0.05, 0.1) is 0 Å². The van der Waals surface area contributed by atoms with Crippen LogP contribution in [0.15, 0.2) is 23.1 Å². The third-order valence-electron chi connectivity index (χ3n) is 5.39. The van der Waals surface area contributed by atoms with Crippen LogP contribution in [0.25, 0.3) is 0 Å². The van der Waals surface area contributed by atoms with Gasteiger partial charge in [-0.05, 0) is 72.1 Å². The molecule has 5 heteroatoms. The van der Waals surface area contributed by atoms with Crippen LogP contribution in [0.4, 0.5) is 0 Å². The average Bonchev–Trinajstić information content (AvgIpc) is 2.65. The summed E-state index contributed by atoms with van der Waals surface area (Å²) >= 11 is 5.92. The number of hydrogen-bond acceptors (Lipinski definition) is 2. The lowest BCUT2D eigenvalue weighted by atomic mass is 10.00. The number of hydrogen-bond donors (Lipinski definition) is 2. The highest BCUT2D eigenvalue weighted by Crippen LogP contribution is 2.55. The summed E-state index contributed by atoms with van der Waals surface area (Å²) in [4.78, 5) is 20.4. The fourth-order valence-electron chi connectivity index (χ4n) is 3.78. The largest absolute Gasteiger partial charge is 0.337 e. The fraction of sp³-hybridized carbons (Fsp3) is 0.750. The second kappa shape index (κ2) is 16.8. The summed E-state index contributed by atoms with van der Waals surface area (Å²) < 4.78 is 0. The van der Waals surface area contributed by atoms with Gasteiger partial charge in [0, 0.05) is 4.90 Å². The number of benzene rings is 1. The molecule has 29 heavy (non-hydrogen) atoms. The van der Waals surface area contributed by atoms with Crippen LogP contribution in [-0.4, -0.2) is 9.79 Å². The van der Waals surface area contributed by atoms with Gasteiger partial charge in [0.2, 0.25) is 5.69 Å². The molecular formula is C24H43O2PS2. The highest BCUT2D eigenvalue weighted by molar-refractivity contribution is 8.67. The third kappa shape index (κ3) is 15.6. The summed E-state index contributed by atoms with van der Waals surface area (Å²) in [6, 6.07) is 6.56. The van der Waals surface area contributed by atoms with Crippen LogP contribution in [-0.2, 0) is 24.6 Å². The highest BCUT2D eigenvalue weighted by atomic mass is 32.9. The summed E-state index contributed by atoms with van der Waals surface area (Å²) in [6.07, 6.45) is 20.5. The second-order valence-corrected chi connectivity index (χ2v) is 14.2. The van der Waals surface area contributed by atoms with E-state index >= 15 is 0 Å². The van der Waals surface area contributed by atoms with Gasteiger partial charge in [-0.3, -0.25) is 0 Å². The van der Waals surface area contributed by atoms with Crippen molar-refractivity contribution in [3.8, 4) is 0 Å². The molecule has 0 radical (unpaired) electrons. The highest BCUT2D eigenvalue weighted by Gasteiger charge is 2.12. The molecule has 2 N–H and O–H groups in total. The second-order valence-electron chi connectivity index (χ2n) is 8.31. The zero-order chi connectivity index (χ0) is 21.4. The Hall–Kier alpha value is 0.140. The van der Waals surface area contributed by atoms with E-state index in [9.17, 15) is 9.79 Å². The monoisotopic (exact) mass is 458 g/mol. The Morgan fingerprint density at radius 3 is 1.41 bits per heavy atom. The number of aryl methyl sites for hydroxylation is 2. The van der Waals surface area contributed by atoms with Crippen molar-refractivity contribution in [2.24, 2.45) is 0 Å². The first-order chi connectivity index (χ1) is 13.9. The topological polar surface area (TPSA) is 40.5 Å². The molecule has 0 atom stereocenters. The smallest absolute Gasteiger partial charge is 0.246 e. The predicted molar refractivity (Wildman–Crippen MR) is 134 cm³/mol. The molecule has 0 fully saturated rings. The Kier molecular flexibility index (Phi) is 15.7. The minimum absolute atomic E-state index is 0.928. The van der Waals surface area contributed by atoms with Crippen molar-refractivity contribution in [3.63, 3.8) is 0 Å². The fourth-order valence-corrected chi connectivity index (χ4v) is 6.38. The predicted octanol–water partition coefficient (Wildman–Crippen LogP) is 8.57. The van der Waals surface area contributed by atoms with Gasteiger partial charge in [-0.2, -0.15) is 0 Å². The molecule has 0 bridgehead atoms. The normalized spacial score (nSPS) is 11.9. The third-order valence-corrected chi connectivity index (χ3v) is 8.09. The van der Waals surface area contributed by atoms with Crippen molar-refractivity contribution >= 4 is 28.9 Å². The van der Waals surface area contributed by atoms with E-state index in [0.717, 1.165) is 29.1 Å². The minimum atomic E-state index is -3.27. The molecule has 0 heterocycles. The molecule has 0 aliphatic carbocycles. The Morgan fingerprint density at radius 2 is 1.03 bits per heavy atom. The van der Waals surface area contributed by atoms with Gasteiger partial charge in [-0.25, -0.2) is 0 Å². The summed E-state index contributed by atoms with van der Waals surface area (Å²) in [5, 5.41) is 0. The first-order valence-corrected chi connectivity index (χ1v) is 16.0. The van der Waals surface area contributed by atoms with E-state index in [1.165, 1.54) is 101 Å². The van der Waals surface area contributed by atoms with Gasteiger partial charge in [0.25, 0.3) is 0 Å². The van der Waals surface area contributed by atoms with E-state index < -0.39 is 5.69 Å². The van der Waals surface area contributed by atoms with Gasteiger partial charge in [-0.1, -0.05) is 97.0 Å². The van der Waals surface area contributed by atoms with E-state index in [4.69, 9.17) is 11.8 Å². The molecule has 0 spiro atoms. The van der Waals surface area contributed by atoms with Crippen molar-refractivity contribution in [1.82, 2.24) is 0 Å². The van der Waals surface area contributed by atoms with Crippen molar-refractivity contribution in [3.05, 3.63) is 29.3 Å². The maximum Gasteiger partial charge on any atom is 0.246 e. The molecule has 1 aromatic rings. The molecule has 168 valence electrons. The molecule has 0 aliphatic heterocycles. The first kappa shape index (κ1) is 27.2. The van der Waals surface area contributed by atoms with Gasteiger partial charge in [0.1, 0.15) is 0 Å². The Bertz CT molecular complexity index is 550. The van der Waals surface area contributed by atoms with Crippen molar-refractivity contribution < 1.29 is 9.79 Å². The van der Waals surface area contributed by atoms with Crippen LogP contribution >= 0.6 is 17.1 Å². The van der Waals surface area contributed by atoms with Gasteiger partial charge >= 0.3 is 0 Å². The van der Waals surface area contributed by atoms with Crippen LogP contribution in [0.1, 0.15) is 115 Å². The maximum absolute atomic E-state index is 9.73. The van der Waals surface area contributed by atoms with E-state index in [0.29, 0.717) is 0 Å². The molecule has 0 amide bonds. The molecule has 1 rings (SSSR count). The van der Waals surface area contributed by atoms with Gasteiger partial charge in [0.15, 0.2) is 0 Å². The summed E-state index contributed by atoms with van der Waals surface area (Å²) in [5.74, 6) is 0. The minimum Gasteiger partial charge on any atom is -0.337 e.